The molecule has 0 saturated heterocycles. The van der Waals surface area contributed by atoms with Crippen molar-refractivity contribution in [1.29, 1.82) is 0 Å². The summed E-state index contributed by atoms with van der Waals surface area (Å²) in [5.74, 6) is 0. The van der Waals surface area contributed by atoms with Gasteiger partial charge in [0.2, 0.25) is 0 Å². The Morgan fingerprint density at radius 1 is 1.40 bits per heavy atom. The van der Waals surface area contributed by atoms with Crippen LogP contribution in [0, 0.1) is 6.92 Å². The van der Waals surface area contributed by atoms with E-state index in [0.29, 0.717) is 0 Å². The molecule has 0 atom stereocenters. The Kier molecular flexibility index (Phi) is 3.50. The van der Waals surface area contributed by atoms with Gasteiger partial charge in [0.1, 0.15) is 0 Å². The fraction of sp³-hybridized carbons (Fsp3) is 0.143. The third-order valence-electron chi connectivity index (χ3n) is 1.26. The third-order valence-corrected chi connectivity index (χ3v) is 4.13. The molecule has 0 bridgehead atoms. The number of benzene rings is 1. The van der Waals surface area contributed by atoms with E-state index in [4.69, 9.17) is 11.6 Å². The average Bonchev–Trinajstić information content (AvgIpc) is 1.85. The van der Waals surface area contributed by atoms with E-state index in [1.54, 1.807) is 0 Å². The molecule has 0 heterocycles. The molecule has 0 nitrogen and oxygen atoms in total. The van der Waals surface area contributed by atoms with E-state index in [-0.39, 0.29) is 18.2 Å². The zero-order valence-corrected chi connectivity index (χ0v) is 9.45. The predicted molar refractivity (Wildman–Crippen MR) is 50.5 cm³/mol. The van der Waals surface area contributed by atoms with Crippen molar-refractivity contribution in [3.8, 4) is 0 Å². The molecule has 0 radical (unpaired) electrons. The Balaban J connectivity index is 3.06. The van der Waals surface area contributed by atoms with Crippen LogP contribution in [0.4, 0.5) is 0 Å². The van der Waals surface area contributed by atoms with Gasteiger partial charge in [0.15, 0.2) is 0 Å². The first-order chi connectivity index (χ1) is 4.72. The Morgan fingerprint density at radius 3 is 2.60 bits per heavy atom. The van der Waals surface area contributed by atoms with Gasteiger partial charge in [0, 0.05) is 5.02 Å². The molecule has 50 valence electrons. The van der Waals surface area contributed by atoms with Crippen molar-refractivity contribution >= 4 is 46.4 Å². The third kappa shape index (κ3) is 2.42. The largest absolute Gasteiger partial charge is 0.506 e. The summed E-state index contributed by atoms with van der Waals surface area (Å²) in [5.41, 5.74) is 1.24. The minimum atomic E-state index is -0.223. The fourth-order valence-electron chi connectivity index (χ4n) is 0.889. The van der Waals surface area contributed by atoms with Gasteiger partial charge in [-0.25, -0.2) is 0 Å². The van der Waals surface area contributed by atoms with Crippen molar-refractivity contribution in [2.45, 2.75) is 6.92 Å². The summed E-state index contributed by atoms with van der Waals surface area (Å²) in [4.78, 5) is 0. The maximum absolute atomic E-state index is 5.83. The lowest BCUT2D eigenvalue weighted by atomic mass is 10.2. The maximum atomic E-state index is 5.83. The fourth-order valence-corrected chi connectivity index (χ4v) is 3.00. The van der Waals surface area contributed by atoms with Gasteiger partial charge in [-0.2, -0.15) is 3.69 Å². The molecule has 0 aliphatic heterocycles. The lowest BCUT2D eigenvalue weighted by Crippen LogP contribution is -2.07. The van der Waals surface area contributed by atoms with Gasteiger partial charge in [-0.15, -0.1) is 0 Å². The van der Waals surface area contributed by atoms with Crippen molar-refractivity contribution in [2.75, 3.05) is 0 Å². The maximum Gasteiger partial charge on any atom is 0.506 e. The summed E-state index contributed by atoms with van der Waals surface area (Å²) in [5, 5.41) is 0.849. The van der Waals surface area contributed by atoms with Crippen LogP contribution in [0.5, 0.6) is 0 Å². The van der Waals surface area contributed by atoms with E-state index in [1.165, 1.54) is 9.26 Å². The minimum Gasteiger partial charge on any atom is -0.296 e. The van der Waals surface area contributed by atoms with Crippen LogP contribution in [-0.4, -0.2) is 18.2 Å². The van der Waals surface area contributed by atoms with Crippen molar-refractivity contribution < 1.29 is 0 Å². The highest BCUT2D eigenvalue weighted by atomic mass is 79.9. The molecule has 0 N–H and O–H groups in total. The molecule has 0 aliphatic carbocycles. The van der Waals surface area contributed by atoms with Crippen molar-refractivity contribution in [2.24, 2.45) is 0 Å². The molecule has 1 aromatic rings. The molecule has 0 spiro atoms. The summed E-state index contributed by atoms with van der Waals surface area (Å²) in [6.07, 6.45) is 0. The van der Waals surface area contributed by atoms with Crippen LogP contribution in [0.15, 0.2) is 18.2 Å². The summed E-state index contributed by atoms with van der Waals surface area (Å²) >= 11 is 9.11. The molecule has 0 aromatic heterocycles. The highest BCUT2D eigenvalue weighted by Gasteiger charge is 1.96. The number of halogens is 2. The van der Waals surface area contributed by atoms with Crippen LogP contribution in [0.3, 0.4) is 0 Å². The van der Waals surface area contributed by atoms with Crippen LogP contribution in [0.1, 0.15) is 5.56 Å². The van der Waals surface area contributed by atoms with Crippen LogP contribution in [-0.2, 0) is 0 Å². The zero-order chi connectivity index (χ0) is 7.56. The van der Waals surface area contributed by atoms with Crippen LogP contribution in [0.2, 0.25) is 5.02 Å². The summed E-state index contributed by atoms with van der Waals surface area (Å²) in [6, 6.07) is 6.17. The van der Waals surface area contributed by atoms with E-state index in [9.17, 15) is 0 Å². The second-order valence-electron chi connectivity index (χ2n) is 2.27. The summed E-state index contributed by atoms with van der Waals surface area (Å²) < 4.78 is 1.37. The lowest BCUT2D eigenvalue weighted by molar-refractivity contribution is 1.49. The average molecular weight is 230 g/mol. The van der Waals surface area contributed by atoms with Crippen LogP contribution in [0.25, 0.3) is 0 Å². The lowest BCUT2D eigenvalue weighted by Gasteiger charge is -1.98. The standard InChI is InChI=1S/C7H6Cl.BrH.Mg/c1-6-3-2-4-7(8)5-6;;/h3-5H,1H3;1H;/q;;+1/p-1. The first kappa shape index (κ1) is 8.85. The first-order valence-corrected chi connectivity index (χ1v) is 8.03. The highest BCUT2D eigenvalue weighted by Crippen LogP contribution is 2.07. The number of aryl methyl sites for hydroxylation is 1. The molecule has 1 rings (SSSR count). The Bertz CT molecular complexity index is 217. The van der Waals surface area contributed by atoms with Crippen LogP contribution >= 0.6 is 24.5 Å². The van der Waals surface area contributed by atoms with Gasteiger partial charge in [-0.3, -0.25) is 12.9 Å². The molecule has 0 fully saturated rings. The van der Waals surface area contributed by atoms with E-state index in [0.717, 1.165) is 5.02 Å². The van der Waals surface area contributed by atoms with Crippen molar-refractivity contribution in [1.82, 2.24) is 0 Å². The molecule has 0 aliphatic rings. The molecule has 0 amide bonds. The van der Waals surface area contributed by atoms with E-state index in [1.807, 2.05) is 12.1 Å². The second-order valence-corrected chi connectivity index (χ2v) is 5.47. The van der Waals surface area contributed by atoms with E-state index in [2.05, 4.69) is 25.9 Å². The van der Waals surface area contributed by atoms with Gasteiger partial charge in [0.25, 0.3) is 0 Å². The Hall–Kier alpha value is 0.756. The SMILES string of the molecule is Cc1cc(Cl)c[c]([Mg][Br])c1. The van der Waals surface area contributed by atoms with Crippen LogP contribution < -0.4 is 3.69 Å². The number of hydrogen-bond acceptors (Lipinski definition) is 0. The molecular formula is C7H6BrClMg. The molecule has 0 saturated carbocycles. The monoisotopic (exact) mass is 228 g/mol. The summed E-state index contributed by atoms with van der Waals surface area (Å²) in [6.45, 7) is 2.06. The van der Waals surface area contributed by atoms with Crippen molar-refractivity contribution in [3.63, 3.8) is 0 Å². The molecule has 1 aromatic carbocycles. The predicted octanol–water partition coefficient (Wildman–Crippen LogP) is 2.29. The van der Waals surface area contributed by atoms with Crippen molar-refractivity contribution in [3.05, 3.63) is 28.8 Å². The molecule has 3 heteroatoms. The van der Waals surface area contributed by atoms with Gasteiger partial charge in [0.05, 0.1) is 0 Å². The highest BCUT2D eigenvalue weighted by molar-refractivity contribution is 9.23. The quantitative estimate of drug-likeness (QED) is 0.649. The second kappa shape index (κ2) is 3.95. The molecular weight excluding hydrogens is 224 g/mol. The van der Waals surface area contributed by atoms with E-state index >= 15 is 0 Å². The number of hydrogen-bond donors (Lipinski definition) is 0. The zero-order valence-electron chi connectivity index (χ0n) is 5.70. The summed E-state index contributed by atoms with van der Waals surface area (Å²) in [7, 11) is 0. The Morgan fingerprint density at radius 2 is 2.10 bits per heavy atom. The minimum absolute atomic E-state index is 0.223. The van der Waals surface area contributed by atoms with Gasteiger partial charge in [-0.05, 0) is 13.0 Å². The van der Waals surface area contributed by atoms with Gasteiger partial charge >= 0.3 is 18.2 Å². The smallest absolute Gasteiger partial charge is 0.296 e. The molecule has 0 unspecified atom stereocenters. The van der Waals surface area contributed by atoms with Gasteiger partial charge < -0.3 is 0 Å². The number of rotatable bonds is 1. The topological polar surface area (TPSA) is 0 Å². The van der Waals surface area contributed by atoms with Gasteiger partial charge in [-0.1, -0.05) is 29.3 Å². The van der Waals surface area contributed by atoms with E-state index < -0.39 is 0 Å². The first-order valence-electron chi connectivity index (χ1n) is 3.04. The molecule has 10 heavy (non-hydrogen) atoms. The normalized spacial score (nSPS) is 9.10. The Labute approximate surface area is 81.6 Å².